The maximum absolute atomic E-state index is 11.4. The summed E-state index contributed by atoms with van der Waals surface area (Å²) < 4.78 is 4.73. The number of carbonyl (C=O) groups excluding carboxylic acids is 1. The Morgan fingerprint density at radius 1 is 1.29 bits per heavy atom. The highest BCUT2D eigenvalue weighted by Gasteiger charge is 2.34. The Morgan fingerprint density at radius 3 is 2.86 bits per heavy atom. The Hall–Kier alpha value is -1.65. The molecule has 1 saturated heterocycles. The van der Waals surface area contributed by atoms with E-state index in [2.05, 4.69) is 35.2 Å². The third-order valence-corrected chi connectivity index (χ3v) is 4.94. The van der Waals surface area contributed by atoms with Crippen LogP contribution in [0, 0.1) is 0 Å². The van der Waals surface area contributed by atoms with Crippen LogP contribution in [0.15, 0.2) is 42.5 Å². The van der Waals surface area contributed by atoms with E-state index in [1.807, 2.05) is 12.1 Å². The largest absolute Gasteiger partial charge is 0.465 e. The van der Waals surface area contributed by atoms with Gasteiger partial charge in [0.2, 0.25) is 0 Å². The molecule has 0 aliphatic carbocycles. The van der Waals surface area contributed by atoms with Crippen LogP contribution >= 0.6 is 11.3 Å². The summed E-state index contributed by atoms with van der Waals surface area (Å²) in [4.78, 5) is 15.8. The average molecular weight is 301 g/mol. The number of carbonyl (C=O) groups is 1. The molecule has 2 unspecified atom stereocenters. The normalized spacial score (nSPS) is 20.2. The van der Waals surface area contributed by atoms with Gasteiger partial charge in [-0.2, -0.15) is 0 Å². The summed E-state index contributed by atoms with van der Waals surface area (Å²) in [5, 5.41) is 0. The number of rotatable bonds is 6. The molecule has 0 N–H and O–H groups in total. The molecule has 3 nitrogen and oxygen atoms in total. The molecular formula is C17H19NO2S. The number of ether oxygens (including phenoxy) is 1. The van der Waals surface area contributed by atoms with Crippen LogP contribution in [-0.2, 0) is 11.2 Å². The number of benzene rings is 1. The number of nitrogens with zero attached hydrogens (tertiary/aromatic N) is 1. The summed E-state index contributed by atoms with van der Waals surface area (Å²) in [6.07, 6.45) is 2.16. The lowest BCUT2D eigenvalue weighted by molar-refractivity contribution is 0.0606. The molecule has 21 heavy (non-hydrogen) atoms. The maximum atomic E-state index is 11.4. The van der Waals surface area contributed by atoms with E-state index in [9.17, 15) is 4.79 Å². The van der Waals surface area contributed by atoms with Gasteiger partial charge in [-0.25, -0.2) is 4.79 Å². The lowest BCUT2D eigenvalue weighted by Crippen LogP contribution is -2.02. The highest BCUT2D eigenvalue weighted by atomic mass is 32.1. The third-order valence-electron chi connectivity index (χ3n) is 3.82. The van der Waals surface area contributed by atoms with Crippen molar-refractivity contribution in [2.75, 3.05) is 20.2 Å². The molecular weight excluding hydrogens is 282 g/mol. The molecule has 3 rings (SSSR count). The number of esters is 1. The highest BCUT2D eigenvalue weighted by Crippen LogP contribution is 2.34. The molecule has 1 aliphatic heterocycles. The quantitative estimate of drug-likeness (QED) is 0.604. The van der Waals surface area contributed by atoms with Crippen molar-refractivity contribution in [2.24, 2.45) is 0 Å². The van der Waals surface area contributed by atoms with Gasteiger partial charge in [-0.15, -0.1) is 11.3 Å². The number of methoxy groups -OCH3 is 1. The van der Waals surface area contributed by atoms with Gasteiger partial charge >= 0.3 is 5.97 Å². The molecule has 1 aromatic carbocycles. The van der Waals surface area contributed by atoms with E-state index in [0.29, 0.717) is 10.9 Å². The number of hydrogen-bond donors (Lipinski definition) is 0. The van der Waals surface area contributed by atoms with Crippen molar-refractivity contribution in [2.45, 2.75) is 18.9 Å². The monoisotopic (exact) mass is 301 g/mol. The zero-order valence-corrected chi connectivity index (χ0v) is 12.9. The highest BCUT2D eigenvalue weighted by molar-refractivity contribution is 7.13. The SMILES string of the molecule is COC(=O)c1ccc(CCCN2CC2c2ccccc2)s1. The van der Waals surface area contributed by atoms with Gasteiger partial charge in [0, 0.05) is 17.5 Å². The van der Waals surface area contributed by atoms with Crippen molar-refractivity contribution in [3.63, 3.8) is 0 Å². The van der Waals surface area contributed by atoms with Gasteiger partial charge in [-0.1, -0.05) is 30.3 Å². The van der Waals surface area contributed by atoms with Crippen LogP contribution < -0.4 is 0 Å². The van der Waals surface area contributed by atoms with Crippen LogP contribution in [0.25, 0.3) is 0 Å². The molecule has 1 fully saturated rings. The Labute approximate surface area is 129 Å². The maximum Gasteiger partial charge on any atom is 0.348 e. The van der Waals surface area contributed by atoms with Crippen LogP contribution in [0.1, 0.15) is 32.6 Å². The summed E-state index contributed by atoms with van der Waals surface area (Å²) in [6.45, 7) is 2.28. The van der Waals surface area contributed by atoms with Crippen molar-refractivity contribution in [3.05, 3.63) is 57.8 Å². The van der Waals surface area contributed by atoms with Gasteiger partial charge in [0.1, 0.15) is 4.88 Å². The first-order valence-electron chi connectivity index (χ1n) is 7.24. The average Bonchev–Trinajstić information content (AvgIpc) is 3.15. The first-order valence-corrected chi connectivity index (χ1v) is 8.05. The van der Waals surface area contributed by atoms with Gasteiger partial charge in [-0.3, -0.25) is 4.90 Å². The molecule has 0 radical (unpaired) electrons. The molecule has 1 aliphatic rings. The van der Waals surface area contributed by atoms with E-state index in [4.69, 9.17) is 4.74 Å². The zero-order chi connectivity index (χ0) is 14.7. The minimum atomic E-state index is -0.235. The van der Waals surface area contributed by atoms with Crippen LogP contribution in [0.2, 0.25) is 0 Å². The second-order valence-electron chi connectivity index (χ2n) is 5.28. The fourth-order valence-corrected chi connectivity index (χ4v) is 3.56. The lowest BCUT2D eigenvalue weighted by atomic mass is 10.2. The van der Waals surface area contributed by atoms with Crippen LogP contribution in [0.3, 0.4) is 0 Å². The summed E-state index contributed by atoms with van der Waals surface area (Å²) in [5.74, 6) is -0.235. The van der Waals surface area contributed by atoms with Gasteiger partial charge < -0.3 is 4.74 Å². The van der Waals surface area contributed by atoms with E-state index in [-0.39, 0.29) is 5.97 Å². The van der Waals surface area contributed by atoms with Gasteiger partial charge in [0.25, 0.3) is 0 Å². The fourth-order valence-electron chi connectivity index (χ4n) is 2.59. The topological polar surface area (TPSA) is 29.3 Å². The number of hydrogen-bond acceptors (Lipinski definition) is 4. The van der Waals surface area contributed by atoms with Crippen molar-refractivity contribution in [1.82, 2.24) is 4.90 Å². The van der Waals surface area contributed by atoms with Gasteiger partial charge in [-0.05, 0) is 37.1 Å². The molecule has 0 spiro atoms. The minimum Gasteiger partial charge on any atom is -0.465 e. The zero-order valence-electron chi connectivity index (χ0n) is 12.1. The molecule has 110 valence electrons. The van der Waals surface area contributed by atoms with E-state index < -0.39 is 0 Å². The molecule has 2 atom stereocenters. The molecule has 0 amide bonds. The second kappa shape index (κ2) is 6.41. The van der Waals surface area contributed by atoms with Crippen LogP contribution in [0.5, 0.6) is 0 Å². The van der Waals surface area contributed by atoms with Crippen molar-refractivity contribution >= 4 is 17.3 Å². The predicted molar refractivity (Wildman–Crippen MR) is 84.7 cm³/mol. The summed E-state index contributed by atoms with van der Waals surface area (Å²) >= 11 is 1.54. The minimum absolute atomic E-state index is 0.235. The molecule has 0 saturated carbocycles. The van der Waals surface area contributed by atoms with Crippen molar-refractivity contribution in [3.8, 4) is 0 Å². The fraction of sp³-hybridized carbons (Fsp3) is 0.353. The summed E-state index contributed by atoms with van der Waals surface area (Å²) in [5.41, 5.74) is 1.42. The Balaban J connectivity index is 1.43. The predicted octanol–water partition coefficient (Wildman–Crippen LogP) is 3.52. The summed E-state index contributed by atoms with van der Waals surface area (Å²) in [7, 11) is 1.42. The first kappa shape index (κ1) is 14.3. The molecule has 2 heterocycles. The van der Waals surface area contributed by atoms with Crippen LogP contribution in [0.4, 0.5) is 0 Å². The standard InChI is InChI=1S/C17H19NO2S/c1-20-17(19)16-10-9-14(21-16)8-5-11-18-12-15(18)13-6-3-2-4-7-13/h2-4,6-7,9-10,15H,5,8,11-12H2,1H3. The molecule has 1 aromatic heterocycles. The Bertz CT molecular complexity index is 608. The molecule has 0 bridgehead atoms. The first-order chi connectivity index (χ1) is 10.3. The van der Waals surface area contributed by atoms with Crippen molar-refractivity contribution in [1.29, 1.82) is 0 Å². The Kier molecular flexibility index (Phi) is 4.36. The Morgan fingerprint density at radius 2 is 2.10 bits per heavy atom. The van der Waals surface area contributed by atoms with Crippen LogP contribution in [-0.4, -0.2) is 31.1 Å². The van der Waals surface area contributed by atoms with Gasteiger partial charge in [0.05, 0.1) is 7.11 Å². The summed E-state index contributed by atoms with van der Waals surface area (Å²) in [6, 6.07) is 15.2. The number of aryl methyl sites for hydroxylation is 1. The van der Waals surface area contributed by atoms with Gasteiger partial charge in [0.15, 0.2) is 0 Å². The molecule has 2 aromatic rings. The lowest BCUT2D eigenvalue weighted by Gasteiger charge is -2.03. The molecule has 4 heteroatoms. The third kappa shape index (κ3) is 3.52. The van der Waals surface area contributed by atoms with E-state index >= 15 is 0 Å². The number of thiophene rings is 1. The van der Waals surface area contributed by atoms with E-state index in [0.717, 1.165) is 19.4 Å². The smallest absolute Gasteiger partial charge is 0.348 e. The second-order valence-corrected chi connectivity index (χ2v) is 6.45. The van der Waals surface area contributed by atoms with E-state index in [1.165, 1.54) is 24.1 Å². The van der Waals surface area contributed by atoms with E-state index in [1.54, 1.807) is 11.3 Å². The van der Waals surface area contributed by atoms with Crippen molar-refractivity contribution < 1.29 is 9.53 Å².